The molecule has 6 atom stereocenters. The summed E-state index contributed by atoms with van der Waals surface area (Å²) in [5.41, 5.74) is 5.46. The standard InChI is InChI=1S/C5H13N2P.C5H9N2P.C5H12NO3PS/c2*6-3-5-1-2-7(8)4-5;1-11(7,8)9-5-2-3-6(10)4-5/h5H,1-4,6,8H2;5H,1-2,4,8H2;5H,2-4,10H2,1H3/t3*5-/m111/s1. The summed E-state index contributed by atoms with van der Waals surface area (Å²) in [6.07, 6.45) is 4.04. The summed E-state index contributed by atoms with van der Waals surface area (Å²) in [4.78, 5) is 0. The minimum Gasteiger partial charge on any atom is -0.330 e. The molecular weight excluding hydrogens is 423 g/mol. The Bertz CT molecular complexity index is 578. The molecule has 0 saturated carbocycles. The van der Waals surface area contributed by atoms with Crippen LogP contribution in [-0.2, 0) is 14.3 Å². The fourth-order valence-corrected chi connectivity index (χ4v) is 4.91. The summed E-state index contributed by atoms with van der Waals surface area (Å²) >= 11 is 0. The lowest BCUT2D eigenvalue weighted by atomic mass is 10.1. The molecule has 3 aliphatic heterocycles. The van der Waals surface area contributed by atoms with Crippen LogP contribution in [0.3, 0.4) is 0 Å². The Morgan fingerprint density at radius 3 is 1.89 bits per heavy atom. The molecular formula is C15H34N5O3P3S. The highest BCUT2D eigenvalue weighted by Crippen LogP contribution is 2.18. The van der Waals surface area contributed by atoms with Crippen LogP contribution in [0, 0.1) is 23.2 Å². The molecule has 3 heterocycles. The second-order valence-electron chi connectivity index (χ2n) is 7.20. The Morgan fingerprint density at radius 2 is 1.59 bits per heavy atom. The molecule has 0 amide bonds. The average molecular weight is 457 g/mol. The number of hydrogen-bond donors (Lipinski definition) is 1. The third-order valence-electron chi connectivity index (χ3n) is 4.54. The van der Waals surface area contributed by atoms with Gasteiger partial charge in [-0.2, -0.15) is 13.7 Å². The lowest BCUT2D eigenvalue weighted by Gasteiger charge is -2.08. The molecule has 0 aromatic rings. The lowest BCUT2D eigenvalue weighted by Crippen LogP contribution is -2.19. The molecule has 27 heavy (non-hydrogen) atoms. The van der Waals surface area contributed by atoms with E-state index >= 15 is 0 Å². The molecule has 3 saturated heterocycles. The Kier molecular flexibility index (Phi) is 12.3. The van der Waals surface area contributed by atoms with Crippen molar-refractivity contribution in [2.75, 3.05) is 52.1 Å². The molecule has 0 aliphatic carbocycles. The molecule has 3 aliphatic rings. The van der Waals surface area contributed by atoms with Crippen molar-refractivity contribution in [3.8, 4) is 6.07 Å². The van der Waals surface area contributed by atoms with Crippen LogP contribution >= 0.6 is 28.2 Å². The third-order valence-corrected chi connectivity index (χ3v) is 6.57. The van der Waals surface area contributed by atoms with Crippen molar-refractivity contribution < 1.29 is 12.6 Å². The Labute approximate surface area is 171 Å². The first-order valence-corrected chi connectivity index (χ1v) is 12.5. The van der Waals surface area contributed by atoms with E-state index in [2.05, 4.69) is 43.6 Å². The molecule has 3 rings (SSSR count). The van der Waals surface area contributed by atoms with E-state index in [-0.39, 0.29) is 12.0 Å². The van der Waals surface area contributed by atoms with Crippen molar-refractivity contribution in [3.05, 3.63) is 0 Å². The molecule has 0 aromatic heterocycles. The van der Waals surface area contributed by atoms with Crippen molar-refractivity contribution in [1.82, 2.24) is 14.0 Å². The largest absolute Gasteiger partial charge is 0.330 e. The highest BCUT2D eigenvalue weighted by Gasteiger charge is 2.23. The number of nitriles is 1. The van der Waals surface area contributed by atoms with E-state index in [1.165, 1.54) is 19.5 Å². The van der Waals surface area contributed by atoms with Crippen molar-refractivity contribution >= 4 is 38.3 Å². The van der Waals surface area contributed by atoms with Crippen LogP contribution in [0.1, 0.15) is 19.3 Å². The molecule has 0 bridgehead atoms. The smallest absolute Gasteiger partial charge is 0.264 e. The average Bonchev–Trinajstić information content (AvgIpc) is 3.29. The minimum atomic E-state index is -3.27. The molecule has 0 aromatic carbocycles. The summed E-state index contributed by atoms with van der Waals surface area (Å²) in [5, 5.41) is 8.40. The van der Waals surface area contributed by atoms with E-state index in [0.717, 1.165) is 51.2 Å². The van der Waals surface area contributed by atoms with E-state index in [1.807, 2.05) is 4.67 Å². The first-order chi connectivity index (χ1) is 12.6. The molecule has 2 N–H and O–H groups in total. The summed E-state index contributed by atoms with van der Waals surface area (Å²) in [6.45, 7) is 6.77. The molecule has 3 fully saturated rings. The zero-order valence-corrected chi connectivity index (χ0v) is 20.3. The van der Waals surface area contributed by atoms with Crippen LogP contribution in [0.4, 0.5) is 0 Å². The number of hydrogen-bond acceptors (Lipinski definition) is 8. The molecule has 8 nitrogen and oxygen atoms in total. The van der Waals surface area contributed by atoms with Crippen LogP contribution in [0.2, 0.25) is 0 Å². The highest BCUT2D eigenvalue weighted by atomic mass is 32.2. The van der Waals surface area contributed by atoms with Gasteiger partial charge in [0, 0.05) is 39.3 Å². The highest BCUT2D eigenvalue weighted by molar-refractivity contribution is 7.86. The SMILES string of the molecule is CS(=O)(=O)O[C@@H]1CCN(P)C1.N#C[C@H]1CCN(P)C1.NC[C@H]1CCN(P)C1. The quantitative estimate of drug-likeness (QED) is 0.483. The normalized spacial score (nSPS) is 29.6. The molecule has 0 radical (unpaired) electrons. The molecule has 0 spiro atoms. The minimum absolute atomic E-state index is 0.150. The summed E-state index contributed by atoms with van der Waals surface area (Å²) in [6, 6.07) is 2.24. The monoisotopic (exact) mass is 457 g/mol. The lowest BCUT2D eigenvalue weighted by molar-refractivity contribution is 0.226. The zero-order chi connectivity index (χ0) is 20.4. The maximum atomic E-state index is 10.6. The summed E-state index contributed by atoms with van der Waals surface area (Å²) in [5.74, 6) is 1.04. The summed E-state index contributed by atoms with van der Waals surface area (Å²) in [7, 11) is 4.57. The van der Waals surface area contributed by atoms with E-state index in [9.17, 15) is 8.42 Å². The maximum absolute atomic E-state index is 10.6. The number of nitrogens with zero attached hydrogens (tertiary/aromatic N) is 4. The Hall–Kier alpha value is 0.530. The van der Waals surface area contributed by atoms with Gasteiger partial charge in [-0.15, -0.1) is 0 Å². The van der Waals surface area contributed by atoms with Crippen LogP contribution in [0.25, 0.3) is 0 Å². The van der Waals surface area contributed by atoms with Crippen molar-refractivity contribution in [3.63, 3.8) is 0 Å². The van der Waals surface area contributed by atoms with Gasteiger partial charge >= 0.3 is 0 Å². The topological polar surface area (TPSA) is 103 Å². The van der Waals surface area contributed by atoms with Gasteiger partial charge in [-0.3, -0.25) is 18.2 Å². The molecule has 12 heteroatoms. The maximum Gasteiger partial charge on any atom is 0.264 e. The predicted molar refractivity (Wildman–Crippen MR) is 119 cm³/mol. The van der Waals surface area contributed by atoms with Crippen LogP contribution in [0.5, 0.6) is 0 Å². The molecule has 158 valence electrons. The first-order valence-electron chi connectivity index (χ1n) is 9.09. The summed E-state index contributed by atoms with van der Waals surface area (Å²) < 4.78 is 32.4. The van der Waals surface area contributed by atoms with Gasteiger partial charge in [0.25, 0.3) is 10.1 Å². The fourth-order valence-electron chi connectivity index (χ4n) is 3.03. The Balaban J connectivity index is 0.000000206. The van der Waals surface area contributed by atoms with Gasteiger partial charge in [0.05, 0.1) is 24.3 Å². The van der Waals surface area contributed by atoms with E-state index in [1.54, 1.807) is 0 Å². The van der Waals surface area contributed by atoms with Gasteiger partial charge < -0.3 is 5.73 Å². The van der Waals surface area contributed by atoms with Crippen LogP contribution in [0.15, 0.2) is 0 Å². The van der Waals surface area contributed by atoms with Crippen LogP contribution in [-0.4, -0.2) is 80.6 Å². The van der Waals surface area contributed by atoms with Gasteiger partial charge in [0.15, 0.2) is 0 Å². The number of rotatable bonds is 3. The molecule has 3 unspecified atom stereocenters. The second kappa shape index (κ2) is 13.0. The zero-order valence-electron chi connectivity index (χ0n) is 16.0. The van der Waals surface area contributed by atoms with Gasteiger partial charge in [-0.05, 0) is 31.7 Å². The predicted octanol–water partition coefficient (Wildman–Crippen LogP) is 0.506. The van der Waals surface area contributed by atoms with Gasteiger partial charge in [-0.1, -0.05) is 28.2 Å². The van der Waals surface area contributed by atoms with E-state index < -0.39 is 10.1 Å². The van der Waals surface area contributed by atoms with E-state index in [0.29, 0.717) is 6.54 Å². The van der Waals surface area contributed by atoms with Crippen molar-refractivity contribution in [2.24, 2.45) is 17.6 Å². The Morgan fingerprint density at radius 1 is 1.04 bits per heavy atom. The van der Waals surface area contributed by atoms with Crippen LogP contribution < -0.4 is 5.73 Å². The van der Waals surface area contributed by atoms with Gasteiger partial charge in [-0.25, -0.2) is 0 Å². The number of nitrogens with two attached hydrogens (primary N) is 1. The third kappa shape index (κ3) is 12.0. The van der Waals surface area contributed by atoms with Crippen molar-refractivity contribution in [1.29, 1.82) is 5.26 Å². The van der Waals surface area contributed by atoms with Gasteiger partial charge in [0.1, 0.15) is 0 Å². The first kappa shape index (κ1) is 25.6. The van der Waals surface area contributed by atoms with E-state index in [4.69, 9.17) is 15.2 Å². The van der Waals surface area contributed by atoms with Gasteiger partial charge in [0.2, 0.25) is 0 Å². The van der Waals surface area contributed by atoms with Crippen molar-refractivity contribution in [2.45, 2.75) is 25.4 Å². The fraction of sp³-hybridized carbons (Fsp3) is 0.933. The second-order valence-corrected chi connectivity index (χ2v) is 11.0.